The molecule has 2 aromatic carbocycles. The van der Waals surface area contributed by atoms with Gasteiger partial charge < -0.3 is 5.32 Å². The molecule has 0 aliphatic heterocycles. The third kappa shape index (κ3) is 3.13. The number of thioether (sulfide) groups is 1. The minimum Gasteiger partial charge on any atom is -0.326 e. The van der Waals surface area contributed by atoms with E-state index in [4.69, 9.17) is 0 Å². The van der Waals surface area contributed by atoms with Crippen LogP contribution in [0.15, 0.2) is 53.4 Å². The summed E-state index contributed by atoms with van der Waals surface area (Å²) in [6.07, 6.45) is 3.00. The van der Waals surface area contributed by atoms with Gasteiger partial charge in [0.05, 0.1) is 0 Å². The Morgan fingerprint density at radius 2 is 1.95 bits per heavy atom. The van der Waals surface area contributed by atoms with Crippen molar-refractivity contribution in [2.24, 2.45) is 5.92 Å². The van der Waals surface area contributed by atoms with E-state index in [0.29, 0.717) is 5.92 Å². The summed E-state index contributed by atoms with van der Waals surface area (Å²) in [5.41, 5.74) is 3.32. The van der Waals surface area contributed by atoms with Crippen LogP contribution in [0.25, 0.3) is 0 Å². The first-order valence-corrected chi connectivity index (χ1v) is 8.42. The first-order chi connectivity index (χ1) is 10.2. The fourth-order valence-electron chi connectivity index (χ4n) is 2.64. The van der Waals surface area contributed by atoms with Gasteiger partial charge >= 0.3 is 0 Å². The summed E-state index contributed by atoms with van der Waals surface area (Å²) in [5, 5.41) is 3.09. The van der Waals surface area contributed by atoms with Gasteiger partial charge in [0.1, 0.15) is 0 Å². The second kappa shape index (κ2) is 5.94. The van der Waals surface area contributed by atoms with Gasteiger partial charge in [-0.1, -0.05) is 36.4 Å². The van der Waals surface area contributed by atoms with Gasteiger partial charge in [0.2, 0.25) is 5.91 Å². The predicted molar refractivity (Wildman–Crippen MR) is 88.9 cm³/mol. The van der Waals surface area contributed by atoms with Crippen LogP contribution in [-0.4, -0.2) is 12.2 Å². The highest BCUT2D eigenvalue weighted by atomic mass is 32.2. The van der Waals surface area contributed by atoms with Crippen molar-refractivity contribution >= 4 is 23.4 Å². The molecule has 2 nitrogen and oxygen atoms in total. The van der Waals surface area contributed by atoms with Gasteiger partial charge in [-0.25, -0.2) is 0 Å². The van der Waals surface area contributed by atoms with Gasteiger partial charge in [-0.05, 0) is 48.8 Å². The number of carbonyl (C=O) groups excluding carboxylic acids is 1. The van der Waals surface area contributed by atoms with Gasteiger partial charge in [0.15, 0.2) is 0 Å². The van der Waals surface area contributed by atoms with Crippen LogP contribution in [0.3, 0.4) is 0 Å². The molecule has 1 fully saturated rings. The lowest BCUT2D eigenvalue weighted by Gasteiger charge is -2.10. The molecule has 2 atom stereocenters. The summed E-state index contributed by atoms with van der Waals surface area (Å²) >= 11 is 1.69. The Morgan fingerprint density at radius 3 is 2.67 bits per heavy atom. The minimum atomic E-state index is 0.115. The summed E-state index contributed by atoms with van der Waals surface area (Å²) in [4.78, 5) is 13.6. The van der Waals surface area contributed by atoms with E-state index in [-0.39, 0.29) is 11.8 Å². The molecule has 3 rings (SSSR count). The van der Waals surface area contributed by atoms with Crippen LogP contribution in [0.2, 0.25) is 0 Å². The number of hydrogen-bond acceptors (Lipinski definition) is 2. The van der Waals surface area contributed by atoms with E-state index in [9.17, 15) is 4.79 Å². The summed E-state index contributed by atoms with van der Waals surface area (Å²) < 4.78 is 0. The molecule has 108 valence electrons. The molecule has 1 saturated carbocycles. The maximum absolute atomic E-state index is 12.4. The van der Waals surface area contributed by atoms with Crippen molar-refractivity contribution in [2.45, 2.75) is 24.2 Å². The van der Waals surface area contributed by atoms with Crippen LogP contribution >= 0.6 is 11.8 Å². The molecule has 3 heteroatoms. The van der Waals surface area contributed by atoms with Crippen molar-refractivity contribution in [3.8, 4) is 0 Å². The summed E-state index contributed by atoms with van der Waals surface area (Å²) in [6, 6.07) is 16.5. The van der Waals surface area contributed by atoms with Crippen LogP contribution in [0, 0.1) is 12.8 Å². The lowest BCUT2D eigenvalue weighted by molar-refractivity contribution is -0.117. The highest BCUT2D eigenvalue weighted by Gasteiger charge is 2.43. The number of benzene rings is 2. The van der Waals surface area contributed by atoms with Crippen LogP contribution in [0.5, 0.6) is 0 Å². The summed E-state index contributed by atoms with van der Waals surface area (Å²) in [5.74, 6) is 0.644. The maximum atomic E-state index is 12.4. The molecule has 2 aromatic rings. The Balaban J connectivity index is 1.68. The van der Waals surface area contributed by atoms with Crippen LogP contribution in [0.1, 0.15) is 23.5 Å². The normalized spacial score (nSPS) is 20.1. The topological polar surface area (TPSA) is 29.1 Å². The van der Waals surface area contributed by atoms with E-state index in [1.807, 2.05) is 31.4 Å². The van der Waals surface area contributed by atoms with Gasteiger partial charge in [-0.3, -0.25) is 4.79 Å². The van der Waals surface area contributed by atoms with E-state index in [1.165, 1.54) is 10.5 Å². The average Bonchev–Trinajstić information content (AvgIpc) is 3.31. The van der Waals surface area contributed by atoms with Crippen LogP contribution in [-0.2, 0) is 4.79 Å². The largest absolute Gasteiger partial charge is 0.326 e. The zero-order chi connectivity index (χ0) is 14.8. The van der Waals surface area contributed by atoms with Crippen molar-refractivity contribution in [3.63, 3.8) is 0 Å². The number of amides is 1. The van der Waals surface area contributed by atoms with Crippen LogP contribution in [0.4, 0.5) is 5.69 Å². The molecule has 1 aliphatic rings. The second-order valence-electron chi connectivity index (χ2n) is 5.53. The molecular formula is C18H19NOS. The molecule has 0 spiro atoms. The van der Waals surface area contributed by atoms with Gasteiger partial charge in [0, 0.05) is 16.5 Å². The molecule has 2 unspecified atom stereocenters. The van der Waals surface area contributed by atoms with Gasteiger partial charge in [0.25, 0.3) is 0 Å². The van der Waals surface area contributed by atoms with Crippen molar-refractivity contribution in [3.05, 3.63) is 59.7 Å². The van der Waals surface area contributed by atoms with E-state index in [0.717, 1.165) is 17.7 Å². The Labute approximate surface area is 130 Å². The van der Waals surface area contributed by atoms with E-state index in [1.54, 1.807) is 11.8 Å². The number of anilines is 1. The smallest absolute Gasteiger partial charge is 0.228 e. The highest BCUT2D eigenvalue weighted by molar-refractivity contribution is 7.98. The molecule has 0 radical (unpaired) electrons. The van der Waals surface area contributed by atoms with E-state index < -0.39 is 0 Å². The second-order valence-corrected chi connectivity index (χ2v) is 6.41. The molecule has 1 amide bonds. The monoisotopic (exact) mass is 297 g/mol. The number of hydrogen-bond donors (Lipinski definition) is 1. The highest BCUT2D eigenvalue weighted by Crippen LogP contribution is 2.48. The van der Waals surface area contributed by atoms with E-state index >= 15 is 0 Å². The Morgan fingerprint density at radius 1 is 1.19 bits per heavy atom. The van der Waals surface area contributed by atoms with Crippen molar-refractivity contribution in [2.75, 3.05) is 11.6 Å². The quantitative estimate of drug-likeness (QED) is 0.844. The molecule has 0 bridgehead atoms. The van der Waals surface area contributed by atoms with Crippen molar-refractivity contribution in [1.82, 2.24) is 0 Å². The Hall–Kier alpha value is -1.74. The lowest BCUT2D eigenvalue weighted by Crippen LogP contribution is -2.15. The first kappa shape index (κ1) is 14.2. The molecule has 0 saturated heterocycles. The predicted octanol–water partition coefficient (Wildman–Crippen LogP) is 4.46. The Kier molecular flexibility index (Phi) is 4.02. The number of aryl methyl sites for hydroxylation is 1. The van der Waals surface area contributed by atoms with Gasteiger partial charge in [-0.2, -0.15) is 0 Å². The molecule has 1 aliphatic carbocycles. The Bertz CT molecular complexity index is 654. The minimum absolute atomic E-state index is 0.115. The van der Waals surface area contributed by atoms with Crippen molar-refractivity contribution in [1.29, 1.82) is 0 Å². The lowest BCUT2D eigenvalue weighted by atomic mass is 10.1. The SMILES string of the molecule is CSc1ccc(C)c(NC(=O)C2CC2c2ccccc2)c1. The summed E-state index contributed by atoms with van der Waals surface area (Å²) in [7, 11) is 0. The zero-order valence-corrected chi connectivity index (χ0v) is 13.1. The number of carbonyl (C=O) groups is 1. The summed E-state index contributed by atoms with van der Waals surface area (Å²) in [6.45, 7) is 2.03. The third-order valence-electron chi connectivity index (χ3n) is 4.06. The van der Waals surface area contributed by atoms with Gasteiger partial charge in [-0.15, -0.1) is 11.8 Å². The van der Waals surface area contributed by atoms with E-state index in [2.05, 4.69) is 35.6 Å². The fourth-order valence-corrected chi connectivity index (χ4v) is 3.08. The fraction of sp³-hybridized carbons (Fsp3) is 0.278. The first-order valence-electron chi connectivity index (χ1n) is 7.19. The molecule has 21 heavy (non-hydrogen) atoms. The zero-order valence-electron chi connectivity index (χ0n) is 12.3. The average molecular weight is 297 g/mol. The molecule has 0 aromatic heterocycles. The standard InChI is InChI=1S/C18H19NOS/c1-12-8-9-14(21-2)10-17(12)19-18(20)16-11-15(16)13-6-4-3-5-7-13/h3-10,15-16H,11H2,1-2H3,(H,19,20). The van der Waals surface area contributed by atoms with Crippen molar-refractivity contribution < 1.29 is 4.79 Å². The maximum Gasteiger partial charge on any atom is 0.228 e. The molecular weight excluding hydrogens is 278 g/mol. The number of rotatable bonds is 4. The molecule has 1 N–H and O–H groups in total. The molecule has 0 heterocycles. The number of nitrogens with one attached hydrogen (secondary N) is 1. The third-order valence-corrected chi connectivity index (χ3v) is 4.78. The van der Waals surface area contributed by atoms with Crippen LogP contribution < -0.4 is 5.32 Å².